The van der Waals surface area contributed by atoms with E-state index >= 15 is 0 Å². The predicted octanol–water partition coefficient (Wildman–Crippen LogP) is 0.311. The third-order valence-electron chi connectivity index (χ3n) is 4.10. The molecule has 3 N–H and O–H groups in total. The molecule has 0 aromatic carbocycles. The molecule has 112 valence electrons. The van der Waals surface area contributed by atoms with Gasteiger partial charge in [-0.2, -0.15) is 0 Å². The van der Waals surface area contributed by atoms with Crippen LogP contribution < -0.4 is 5.32 Å². The molecule has 20 heavy (non-hydrogen) atoms. The Morgan fingerprint density at radius 1 is 1.20 bits per heavy atom. The van der Waals surface area contributed by atoms with Crippen molar-refractivity contribution in [3.63, 3.8) is 0 Å². The van der Waals surface area contributed by atoms with Gasteiger partial charge in [0.05, 0.1) is 17.4 Å². The summed E-state index contributed by atoms with van der Waals surface area (Å²) in [4.78, 5) is 23.3. The lowest BCUT2D eigenvalue weighted by Gasteiger charge is -2.33. The number of aliphatic carboxylic acids is 1. The van der Waals surface area contributed by atoms with Crippen molar-refractivity contribution >= 4 is 11.9 Å². The van der Waals surface area contributed by atoms with Crippen LogP contribution in [0, 0.1) is 11.8 Å². The normalized spacial score (nSPS) is 28.9. The molecule has 2 unspecified atom stereocenters. The summed E-state index contributed by atoms with van der Waals surface area (Å²) >= 11 is 0. The monoisotopic (exact) mass is 283 g/mol. The van der Waals surface area contributed by atoms with Gasteiger partial charge in [-0.3, -0.25) is 9.59 Å². The Labute approximate surface area is 117 Å². The Morgan fingerprint density at radius 2 is 1.80 bits per heavy atom. The summed E-state index contributed by atoms with van der Waals surface area (Å²) in [6.07, 6.45) is 5.43. The molecule has 6 nitrogen and oxygen atoms in total. The van der Waals surface area contributed by atoms with Crippen LogP contribution in [-0.2, 0) is 14.3 Å². The molecule has 1 aliphatic carbocycles. The highest BCUT2D eigenvalue weighted by Gasteiger charge is 2.36. The average Bonchev–Trinajstić information content (AvgIpc) is 2.45. The van der Waals surface area contributed by atoms with Gasteiger partial charge in [0.2, 0.25) is 5.91 Å². The molecular weight excluding hydrogens is 262 g/mol. The van der Waals surface area contributed by atoms with Crippen LogP contribution in [0.3, 0.4) is 0 Å². The summed E-state index contributed by atoms with van der Waals surface area (Å²) in [7, 11) is 0. The molecule has 1 saturated heterocycles. The van der Waals surface area contributed by atoms with Crippen molar-refractivity contribution in [1.82, 2.24) is 5.32 Å². The lowest BCUT2D eigenvalue weighted by atomic mass is 9.82. The summed E-state index contributed by atoms with van der Waals surface area (Å²) in [5.74, 6) is -2.47. The van der Waals surface area contributed by atoms with Crippen LogP contribution in [0.1, 0.15) is 25.7 Å². The first-order chi connectivity index (χ1) is 9.52. The van der Waals surface area contributed by atoms with E-state index < -0.39 is 23.4 Å². The topological polar surface area (TPSA) is 95.9 Å². The number of carbonyl (C=O) groups is 2. The second-order valence-corrected chi connectivity index (χ2v) is 5.55. The first kappa shape index (κ1) is 15.0. The molecule has 2 aliphatic rings. The van der Waals surface area contributed by atoms with Crippen LogP contribution in [0.2, 0.25) is 0 Å². The molecule has 1 amide bonds. The molecule has 0 spiro atoms. The summed E-state index contributed by atoms with van der Waals surface area (Å²) in [5, 5.41) is 22.1. The Hall–Kier alpha value is -1.40. The van der Waals surface area contributed by atoms with Crippen LogP contribution in [0.15, 0.2) is 12.2 Å². The third-order valence-corrected chi connectivity index (χ3v) is 4.10. The number of ether oxygens (including phenoxy) is 1. The Kier molecular flexibility index (Phi) is 4.77. The van der Waals surface area contributed by atoms with Gasteiger partial charge in [-0.25, -0.2) is 0 Å². The molecule has 0 radical (unpaired) electrons. The number of carboxylic acids is 1. The third kappa shape index (κ3) is 3.58. The number of amides is 1. The van der Waals surface area contributed by atoms with Gasteiger partial charge in [-0.15, -0.1) is 0 Å². The lowest BCUT2D eigenvalue weighted by Crippen LogP contribution is -2.49. The summed E-state index contributed by atoms with van der Waals surface area (Å²) in [6, 6.07) is 0. The second kappa shape index (κ2) is 6.37. The SMILES string of the molecule is O=C(O)C1CC=CCC1C(=O)NCC1(O)CCOCC1. The van der Waals surface area contributed by atoms with Gasteiger partial charge in [0, 0.05) is 32.6 Å². The van der Waals surface area contributed by atoms with Crippen LogP contribution in [0.25, 0.3) is 0 Å². The Balaban J connectivity index is 1.90. The van der Waals surface area contributed by atoms with E-state index in [9.17, 15) is 14.7 Å². The van der Waals surface area contributed by atoms with Crippen molar-refractivity contribution < 1.29 is 24.5 Å². The molecule has 1 fully saturated rings. The fraction of sp³-hybridized carbons (Fsp3) is 0.714. The first-order valence-corrected chi connectivity index (χ1v) is 6.97. The van der Waals surface area contributed by atoms with Gasteiger partial charge >= 0.3 is 5.97 Å². The van der Waals surface area contributed by atoms with Gasteiger partial charge < -0.3 is 20.3 Å². The van der Waals surface area contributed by atoms with Crippen molar-refractivity contribution in [3.05, 3.63) is 12.2 Å². The summed E-state index contributed by atoms with van der Waals surface area (Å²) < 4.78 is 5.18. The molecular formula is C14H21NO5. The largest absolute Gasteiger partial charge is 0.481 e. The van der Waals surface area contributed by atoms with Crippen molar-refractivity contribution in [2.75, 3.05) is 19.8 Å². The molecule has 0 aromatic rings. The van der Waals surface area contributed by atoms with E-state index in [1.165, 1.54) is 0 Å². The van der Waals surface area contributed by atoms with Gasteiger partial charge in [-0.1, -0.05) is 12.2 Å². The fourth-order valence-electron chi connectivity index (χ4n) is 2.69. The molecule has 1 heterocycles. The van der Waals surface area contributed by atoms with Crippen LogP contribution in [-0.4, -0.2) is 47.4 Å². The highest BCUT2D eigenvalue weighted by Crippen LogP contribution is 2.26. The Bertz CT molecular complexity index is 400. The van der Waals surface area contributed by atoms with E-state index in [1.807, 2.05) is 6.08 Å². The number of allylic oxidation sites excluding steroid dienone is 2. The molecule has 0 aromatic heterocycles. The number of hydrogen-bond acceptors (Lipinski definition) is 4. The molecule has 6 heteroatoms. The van der Waals surface area contributed by atoms with Crippen LogP contribution in [0.4, 0.5) is 0 Å². The highest BCUT2D eigenvalue weighted by molar-refractivity contribution is 5.85. The van der Waals surface area contributed by atoms with Crippen molar-refractivity contribution in [2.45, 2.75) is 31.3 Å². The van der Waals surface area contributed by atoms with E-state index in [0.717, 1.165) is 0 Å². The minimum atomic E-state index is -0.945. The number of hydrogen-bond donors (Lipinski definition) is 3. The molecule has 0 bridgehead atoms. The van der Waals surface area contributed by atoms with E-state index in [0.29, 0.717) is 38.9 Å². The van der Waals surface area contributed by atoms with Gasteiger partial charge in [0.1, 0.15) is 0 Å². The van der Waals surface area contributed by atoms with Crippen LogP contribution in [0.5, 0.6) is 0 Å². The quantitative estimate of drug-likeness (QED) is 0.645. The maximum absolute atomic E-state index is 12.1. The summed E-state index contributed by atoms with van der Waals surface area (Å²) in [5.41, 5.74) is -0.933. The van der Waals surface area contributed by atoms with E-state index in [4.69, 9.17) is 9.84 Å². The number of carbonyl (C=O) groups excluding carboxylic acids is 1. The van der Waals surface area contributed by atoms with E-state index in [-0.39, 0.29) is 12.5 Å². The zero-order valence-electron chi connectivity index (χ0n) is 11.4. The molecule has 2 atom stereocenters. The standard InChI is InChI=1S/C14H21NO5/c16-12(10-3-1-2-4-11(10)13(17)18)15-9-14(19)5-7-20-8-6-14/h1-2,10-11,19H,3-9H2,(H,15,16)(H,17,18). The van der Waals surface area contributed by atoms with Gasteiger partial charge in [0.25, 0.3) is 0 Å². The van der Waals surface area contributed by atoms with Crippen molar-refractivity contribution in [2.24, 2.45) is 11.8 Å². The fourth-order valence-corrected chi connectivity index (χ4v) is 2.69. The lowest BCUT2D eigenvalue weighted by molar-refractivity contribution is -0.147. The van der Waals surface area contributed by atoms with Crippen molar-refractivity contribution in [3.8, 4) is 0 Å². The zero-order chi connectivity index (χ0) is 14.6. The zero-order valence-corrected chi connectivity index (χ0v) is 11.4. The Morgan fingerprint density at radius 3 is 2.40 bits per heavy atom. The maximum atomic E-state index is 12.1. The molecule has 2 rings (SSSR count). The van der Waals surface area contributed by atoms with Crippen molar-refractivity contribution in [1.29, 1.82) is 0 Å². The van der Waals surface area contributed by atoms with Gasteiger partial charge in [0.15, 0.2) is 0 Å². The first-order valence-electron chi connectivity index (χ1n) is 6.97. The van der Waals surface area contributed by atoms with E-state index in [1.54, 1.807) is 6.08 Å². The molecule has 0 saturated carbocycles. The minimum Gasteiger partial charge on any atom is -0.481 e. The van der Waals surface area contributed by atoms with Gasteiger partial charge in [-0.05, 0) is 12.8 Å². The highest BCUT2D eigenvalue weighted by atomic mass is 16.5. The number of aliphatic hydroxyl groups is 1. The average molecular weight is 283 g/mol. The maximum Gasteiger partial charge on any atom is 0.307 e. The number of carboxylic acid groups (broad SMARTS) is 1. The number of nitrogens with one attached hydrogen (secondary N) is 1. The molecule has 1 aliphatic heterocycles. The van der Waals surface area contributed by atoms with Crippen LogP contribution >= 0.6 is 0 Å². The number of rotatable bonds is 4. The smallest absolute Gasteiger partial charge is 0.307 e. The second-order valence-electron chi connectivity index (χ2n) is 5.55. The minimum absolute atomic E-state index is 0.155. The van der Waals surface area contributed by atoms with E-state index in [2.05, 4.69) is 5.32 Å². The summed E-state index contributed by atoms with van der Waals surface area (Å²) in [6.45, 7) is 1.12. The predicted molar refractivity (Wildman–Crippen MR) is 71.0 cm³/mol.